The molecule has 1 aliphatic rings. The first-order valence-electron chi connectivity index (χ1n) is 10.9. The molecule has 8 heteroatoms. The molecule has 1 aromatic rings. The van der Waals surface area contributed by atoms with Gasteiger partial charge in [-0.25, -0.2) is 13.1 Å². The molecule has 0 aromatic heterocycles. The van der Waals surface area contributed by atoms with E-state index < -0.39 is 21.8 Å². The number of ketones is 1. The first kappa shape index (κ1) is 24.8. The molecule has 1 aromatic carbocycles. The van der Waals surface area contributed by atoms with Gasteiger partial charge in [0.15, 0.2) is 5.78 Å². The lowest BCUT2D eigenvalue weighted by atomic mass is 9.98. The van der Waals surface area contributed by atoms with Gasteiger partial charge in [0.05, 0.1) is 11.4 Å². The summed E-state index contributed by atoms with van der Waals surface area (Å²) in [7, 11) is -3.89. The molecule has 0 spiro atoms. The van der Waals surface area contributed by atoms with Crippen molar-refractivity contribution in [3.8, 4) is 0 Å². The SMILES string of the molecule is O=C(O)CCC(=O)c1ccc(Cl)c(S(=O)(=O)NC2CCCCCCCCCCC2)c1. The second-order valence-corrected chi connectivity index (χ2v) is 10.1. The van der Waals surface area contributed by atoms with Crippen LogP contribution in [0.1, 0.15) is 93.8 Å². The fourth-order valence-electron chi connectivity index (χ4n) is 3.81. The number of benzene rings is 1. The van der Waals surface area contributed by atoms with Crippen molar-refractivity contribution in [2.75, 3.05) is 0 Å². The Bertz CT molecular complexity index is 813. The van der Waals surface area contributed by atoms with Crippen molar-refractivity contribution in [1.82, 2.24) is 4.72 Å². The largest absolute Gasteiger partial charge is 0.481 e. The average molecular weight is 458 g/mol. The van der Waals surface area contributed by atoms with Gasteiger partial charge in [-0.1, -0.05) is 69.4 Å². The van der Waals surface area contributed by atoms with Gasteiger partial charge in [0, 0.05) is 18.0 Å². The minimum atomic E-state index is -3.89. The lowest BCUT2D eigenvalue weighted by Gasteiger charge is -2.20. The summed E-state index contributed by atoms with van der Waals surface area (Å²) in [6.45, 7) is 0. The predicted molar refractivity (Wildman–Crippen MR) is 118 cm³/mol. The molecule has 2 rings (SSSR count). The van der Waals surface area contributed by atoms with Crippen LogP contribution in [0.25, 0.3) is 0 Å². The molecule has 0 atom stereocenters. The molecule has 1 fully saturated rings. The maximum absolute atomic E-state index is 13.0. The molecule has 0 radical (unpaired) electrons. The van der Waals surface area contributed by atoms with Gasteiger partial charge < -0.3 is 5.11 Å². The van der Waals surface area contributed by atoms with Crippen molar-refractivity contribution in [3.05, 3.63) is 28.8 Å². The van der Waals surface area contributed by atoms with E-state index in [2.05, 4.69) is 4.72 Å². The van der Waals surface area contributed by atoms with Crippen LogP contribution in [-0.2, 0) is 14.8 Å². The zero-order valence-electron chi connectivity index (χ0n) is 17.4. The van der Waals surface area contributed by atoms with Crippen molar-refractivity contribution >= 4 is 33.4 Å². The quantitative estimate of drug-likeness (QED) is 0.538. The Morgan fingerprint density at radius 2 is 1.47 bits per heavy atom. The minimum absolute atomic E-state index is 0.0467. The summed E-state index contributed by atoms with van der Waals surface area (Å²) < 4.78 is 28.9. The standard InChI is InChI=1S/C22H32ClNO5S/c23-19-13-12-17(20(25)14-15-22(26)27)16-21(19)30(28,29)24-18-10-8-6-4-2-1-3-5-7-9-11-18/h12-13,16,18,24H,1-11,14-15H2,(H,26,27). The Morgan fingerprint density at radius 3 is 2.00 bits per heavy atom. The lowest BCUT2D eigenvalue weighted by molar-refractivity contribution is -0.136. The number of carboxylic acids is 1. The van der Waals surface area contributed by atoms with Gasteiger partial charge in [0.2, 0.25) is 10.0 Å². The molecule has 0 heterocycles. The van der Waals surface area contributed by atoms with Gasteiger partial charge in [-0.15, -0.1) is 0 Å². The lowest BCUT2D eigenvalue weighted by Crippen LogP contribution is -2.35. The Labute approximate surface area is 184 Å². The van der Waals surface area contributed by atoms with E-state index in [-0.39, 0.29) is 34.4 Å². The molecule has 168 valence electrons. The number of hydrogen-bond donors (Lipinski definition) is 2. The molecule has 1 aliphatic carbocycles. The summed E-state index contributed by atoms with van der Waals surface area (Å²) >= 11 is 6.15. The molecule has 0 unspecified atom stereocenters. The van der Waals surface area contributed by atoms with Gasteiger partial charge in [-0.2, -0.15) is 0 Å². The van der Waals surface area contributed by atoms with Gasteiger partial charge in [0.25, 0.3) is 0 Å². The number of carboxylic acid groups (broad SMARTS) is 1. The summed E-state index contributed by atoms with van der Waals surface area (Å²) in [5, 5.41) is 8.80. The molecule has 0 aliphatic heterocycles. The maximum Gasteiger partial charge on any atom is 0.303 e. The van der Waals surface area contributed by atoms with Crippen LogP contribution in [0.15, 0.2) is 23.1 Å². The van der Waals surface area contributed by atoms with E-state index in [0.717, 1.165) is 38.5 Å². The van der Waals surface area contributed by atoms with Crippen LogP contribution in [0.5, 0.6) is 0 Å². The highest BCUT2D eigenvalue weighted by Crippen LogP contribution is 2.25. The van der Waals surface area contributed by atoms with E-state index in [1.807, 2.05) is 0 Å². The molecule has 0 saturated heterocycles. The monoisotopic (exact) mass is 457 g/mol. The fraction of sp³-hybridized carbons (Fsp3) is 0.636. The number of hydrogen-bond acceptors (Lipinski definition) is 4. The van der Waals surface area contributed by atoms with Crippen LogP contribution in [0, 0.1) is 0 Å². The molecule has 1 saturated carbocycles. The number of rotatable bonds is 7. The Morgan fingerprint density at radius 1 is 0.933 bits per heavy atom. The number of aliphatic carboxylic acids is 1. The van der Waals surface area contributed by atoms with Crippen molar-refractivity contribution in [1.29, 1.82) is 0 Å². The summed E-state index contributed by atoms with van der Waals surface area (Å²) in [4.78, 5) is 22.8. The van der Waals surface area contributed by atoms with E-state index in [0.29, 0.717) is 0 Å². The highest BCUT2D eigenvalue weighted by Gasteiger charge is 2.24. The zero-order chi connectivity index (χ0) is 22.0. The molecule has 6 nitrogen and oxygen atoms in total. The van der Waals surface area contributed by atoms with Crippen molar-refractivity contribution < 1.29 is 23.1 Å². The zero-order valence-corrected chi connectivity index (χ0v) is 18.9. The molecule has 2 N–H and O–H groups in total. The number of Topliss-reactive ketones (excluding diaryl/α,β-unsaturated/α-hetero) is 1. The number of carbonyl (C=O) groups excluding carboxylic acids is 1. The fourth-order valence-corrected chi connectivity index (χ4v) is 5.64. The number of carbonyl (C=O) groups is 2. The third-order valence-corrected chi connectivity index (χ3v) is 7.54. The maximum atomic E-state index is 13.0. The van der Waals surface area contributed by atoms with E-state index >= 15 is 0 Å². The third kappa shape index (κ3) is 8.36. The van der Waals surface area contributed by atoms with Crippen molar-refractivity contribution in [2.24, 2.45) is 0 Å². The first-order chi connectivity index (χ1) is 14.3. The molecular weight excluding hydrogens is 426 g/mol. The molecule has 0 bridgehead atoms. The molecule has 0 amide bonds. The normalized spacial score (nSPS) is 17.6. The number of nitrogens with one attached hydrogen (secondary N) is 1. The topological polar surface area (TPSA) is 101 Å². The van der Waals surface area contributed by atoms with E-state index in [9.17, 15) is 18.0 Å². The van der Waals surface area contributed by atoms with Crippen LogP contribution < -0.4 is 4.72 Å². The van der Waals surface area contributed by atoms with Gasteiger partial charge in [-0.3, -0.25) is 9.59 Å². The van der Waals surface area contributed by atoms with E-state index in [4.69, 9.17) is 16.7 Å². The second kappa shape index (κ2) is 12.4. The van der Waals surface area contributed by atoms with Crippen LogP contribution in [0.4, 0.5) is 0 Å². The number of sulfonamides is 1. The highest BCUT2D eigenvalue weighted by atomic mass is 35.5. The van der Waals surface area contributed by atoms with Gasteiger partial charge in [-0.05, 0) is 31.0 Å². The summed E-state index contributed by atoms with van der Waals surface area (Å²) in [5.41, 5.74) is 0.153. The molecule has 30 heavy (non-hydrogen) atoms. The Hall–Kier alpha value is -1.44. The minimum Gasteiger partial charge on any atom is -0.481 e. The first-order valence-corrected chi connectivity index (χ1v) is 12.7. The van der Waals surface area contributed by atoms with E-state index in [1.165, 1.54) is 50.3 Å². The predicted octanol–water partition coefficient (Wildman–Crippen LogP) is 5.34. The third-order valence-electron chi connectivity index (χ3n) is 5.54. The van der Waals surface area contributed by atoms with Gasteiger partial charge >= 0.3 is 5.97 Å². The van der Waals surface area contributed by atoms with Crippen molar-refractivity contribution in [3.63, 3.8) is 0 Å². The van der Waals surface area contributed by atoms with Crippen LogP contribution in [0.3, 0.4) is 0 Å². The Balaban J connectivity index is 2.12. The summed E-state index contributed by atoms with van der Waals surface area (Å²) in [5.74, 6) is -1.49. The smallest absolute Gasteiger partial charge is 0.303 e. The average Bonchev–Trinajstić information content (AvgIpc) is 2.68. The highest BCUT2D eigenvalue weighted by molar-refractivity contribution is 7.89. The van der Waals surface area contributed by atoms with Crippen LogP contribution in [-0.4, -0.2) is 31.3 Å². The van der Waals surface area contributed by atoms with Crippen LogP contribution >= 0.6 is 11.6 Å². The number of halogens is 1. The van der Waals surface area contributed by atoms with E-state index in [1.54, 1.807) is 0 Å². The summed E-state index contributed by atoms with van der Waals surface area (Å²) in [6, 6.07) is 3.91. The summed E-state index contributed by atoms with van der Waals surface area (Å²) in [6.07, 6.45) is 11.4. The molecular formula is C22H32ClNO5S. The second-order valence-electron chi connectivity index (χ2n) is 8.04. The Kier molecular flexibility index (Phi) is 10.3. The van der Waals surface area contributed by atoms with Crippen molar-refractivity contribution in [2.45, 2.75) is 94.4 Å². The van der Waals surface area contributed by atoms with Gasteiger partial charge in [0.1, 0.15) is 4.90 Å². The van der Waals surface area contributed by atoms with Crippen LogP contribution in [0.2, 0.25) is 5.02 Å².